The molecule has 0 bridgehead atoms. The molecule has 1 fully saturated rings. The SMILES string of the molecule is C=C1CCCCC1c1ccccc1O. The van der Waals surface area contributed by atoms with Gasteiger partial charge < -0.3 is 5.11 Å². The van der Waals surface area contributed by atoms with Gasteiger partial charge in [0.25, 0.3) is 0 Å². The molecule has 14 heavy (non-hydrogen) atoms. The van der Waals surface area contributed by atoms with Crippen LogP contribution < -0.4 is 0 Å². The molecule has 0 aliphatic heterocycles. The highest BCUT2D eigenvalue weighted by atomic mass is 16.3. The lowest BCUT2D eigenvalue weighted by molar-refractivity contribution is 0.453. The third kappa shape index (κ3) is 1.67. The molecule has 0 spiro atoms. The Balaban J connectivity index is 2.29. The average Bonchev–Trinajstić information content (AvgIpc) is 2.20. The van der Waals surface area contributed by atoms with Crippen molar-refractivity contribution in [3.8, 4) is 5.75 Å². The second-order valence-corrected chi connectivity index (χ2v) is 4.02. The molecule has 0 saturated heterocycles. The number of hydrogen-bond donors (Lipinski definition) is 1. The number of aromatic hydroxyl groups is 1. The summed E-state index contributed by atoms with van der Waals surface area (Å²) >= 11 is 0. The summed E-state index contributed by atoms with van der Waals surface area (Å²) < 4.78 is 0. The molecule has 1 atom stereocenters. The first-order chi connectivity index (χ1) is 6.79. The Hall–Kier alpha value is -1.24. The molecule has 1 nitrogen and oxygen atoms in total. The van der Waals surface area contributed by atoms with Gasteiger partial charge in [0.05, 0.1) is 0 Å². The van der Waals surface area contributed by atoms with Crippen LogP contribution in [0, 0.1) is 0 Å². The van der Waals surface area contributed by atoms with Gasteiger partial charge in [-0.1, -0.05) is 36.8 Å². The number of allylic oxidation sites excluding steroid dienone is 1. The lowest BCUT2D eigenvalue weighted by Crippen LogP contribution is -2.07. The van der Waals surface area contributed by atoms with E-state index in [2.05, 4.69) is 6.58 Å². The van der Waals surface area contributed by atoms with E-state index in [-0.39, 0.29) is 0 Å². The molecule has 74 valence electrons. The second kappa shape index (κ2) is 3.87. The van der Waals surface area contributed by atoms with Crippen molar-refractivity contribution in [1.82, 2.24) is 0 Å². The third-order valence-corrected chi connectivity index (χ3v) is 3.05. The highest BCUT2D eigenvalue weighted by Gasteiger charge is 2.20. The summed E-state index contributed by atoms with van der Waals surface area (Å²) in [5, 5.41) is 9.74. The van der Waals surface area contributed by atoms with Gasteiger partial charge >= 0.3 is 0 Å². The molecular weight excluding hydrogens is 172 g/mol. The van der Waals surface area contributed by atoms with E-state index in [4.69, 9.17) is 0 Å². The summed E-state index contributed by atoms with van der Waals surface area (Å²) in [7, 11) is 0. The number of phenols is 1. The van der Waals surface area contributed by atoms with E-state index < -0.39 is 0 Å². The minimum atomic E-state index is 0.380. The van der Waals surface area contributed by atoms with Crippen molar-refractivity contribution in [1.29, 1.82) is 0 Å². The maximum atomic E-state index is 9.74. The van der Waals surface area contributed by atoms with Crippen molar-refractivity contribution >= 4 is 0 Å². The molecule has 0 heterocycles. The van der Waals surface area contributed by atoms with Gasteiger partial charge in [0.1, 0.15) is 5.75 Å². The quantitative estimate of drug-likeness (QED) is 0.667. The van der Waals surface area contributed by atoms with E-state index in [0.717, 1.165) is 18.4 Å². The topological polar surface area (TPSA) is 20.2 Å². The van der Waals surface area contributed by atoms with Crippen LogP contribution in [0.15, 0.2) is 36.4 Å². The van der Waals surface area contributed by atoms with Gasteiger partial charge in [0, 0.05) is 11.5 Å². The summed E-state index contributed by atoms with van der Waals surface area (Å²) in [6.07, 6.45) is 4.75. The number of benzene rings is 1. The van der Waals surface area contributed by atoms with Crippen molar-refractivity contribution in [2.75, 3.05) is 0 Å². The maximum absolute atomic E-state index is 9.74. The third-order valence-electron chi connectivity index (χ3n) is 3.05. The van der Waals surface area contributed by atoms with Crippen molar-refractivity contribution in [3.63, 3.8) is 0 Å². The van der Waals surface area contributed by atoms with E-state index in [1.807, 2.05) is 18.2 Å². The Morgan fingerprint density at radius 1 is 1.21 bits per heavy atom. The molecule has 1 heteroatoms. The molecule has 0 aromatic heterocycles. The molecular formula is C13H16O. The summed E-state index contributed by atoms with van der Waals surface area (Å²) in [6.45, 7) is 4.10. The van der Waals surface area contributed by atoms with E-state index in [0.29, 0.717) is 11.7 Å². The summed E-state index contributed by atoms with van der Waals surface area (Å²) in [5.74, 6) is 0.797. The van der Waals surface area contributed by atoms with Crippen molar-refractivity contribution in [2.45, 2.75) is 31.6 Å². The zero-order chi connectivity index (χ0) is 9.97. The molecule has 0 amide bonds. The molecule has 0 radical (unpaired) electrons. The normalized spacial score (nSPS) is 22.3. The van der Waals surface area contributed by atoms with Crippen LogP contribution in [-0.2, 0) is 0 Å². The van der Waals surface area contributed by atoms with Crippen LogP contribution in [0.1, 0.15) is 37.2 Å². The minimum Gasteiger partial charge on any atom is -0.508 e. The Kier molecular flexibility index (Phi) is 2.58. The zero-order valence-corrected chi connectivity index (χ0v) is 8.37. The first kappa shape index (κ1) is 9.32. The van der Waals surface area contributed by atoms with Gasteiger partial charge in [-0.15, -0.1) is 0 Å². The fourth-order valence-corrected chi connectivity index (χ4v) is 2.24. The lowest BCUT2D eigenvalue weighted by atomic mass is 9.80. The summed E-state index contributed by atoms with van der Waals surface area (Å²) in [4.78, 5) is 0. The van der Waals surface area contributed by atoms with E-state index in [1.54, 1.807) is 6.07 Å². The van der Waals surface area contributed by atoms with E-state index in [1.165, 1.54) is 18.4 Å². The largest absolute Gasteiger partial charge is 0.508 e. The van der Waals surface area contributed by atoms with E-state index in [9.17, 15) is 5.11 Å². The molecule has 2 rings (SSSR count). The Labute approximate surface area is 85.1 Å². The first-order valence-electron chi connectivity index (χ1n) is 5.24. The number of phenolic OH excluding ortho intramolecular Hbond substituents is 1. The minimum absolute atomic E-state index is 0.380. The number of rotatable bonds is 1. The zero-order valence-electron chi connectivity index (χ0n) is 8.37. The van der Waals surface area contributed by atoms with Crippen LogP contribution >= 0.6 is 0 Å². The molecule has 1 unspecified atom stereocenters. The van der Waals surface area contributed by atoms with Gasteiger partial charge in [0.2, 0.25) is 0 Å². The maximum Gasteiger partial charge on any atom is 0.119 e. The summed E-state index contributed by atoms with van der Waals surface area (Å²) in [5.41, 5.74) is 2.33. The fraction of sp³-hybridized carbons (Fsp3) is 0.385. The van der Waals surface area contributed by atoms with Crippen molar-refractivity contribution in [2.24, 2.45) is 0 Å². The summed E-state index contributed by atoms with van der Waals surface area (Å²) in [6, 6.07) is 7.62. The Morgan fingerprint density at radius 3 is 2.71 bits per heavy atom. The van der Waals surface area contributed by atoms with Crippen LogP contribution in [0.4, 0.5) is 0 Å². The molecule has 1 aromatic carbocycles. The van der Waals surface area contributed by atoms with E-state index >= 15 is 0 Å². The fourth-order valence-electron chi connectivity index (χ4n) is 2.24. The lowest BCUT2D eigenvalue weighted by Gasteiger charge is -2.25. The van der Waals surface area contributed by atoms with Crippen LogP contribution in [0.3, 0.4) is 0 Å². The monoisotopic (exact) mass is 188 g/mol. The van der Waals surface area contributed by atoms with Gasteiger partial charge in [-0.05, 0) is 25.3 Å². The molecule has 1 aliphatic carbocycles. The van der Waals surface area contributed by atoms with Gasteiger partial charge in [-0.25, -0.2) is 0 Å². The smallest absolute Gasteiger partial charge is 0.119 e. The van der Waals surface area contributed by atoms with Gasteiger partial charge in [-0.3, -0.25) is 0 Å². The average molecular weight is 188 g/mol. The van der Waals surface area contributed by atoms with Gasteiger partial charge in [0.15, 0.2) is 0 Å². The first-order valence-corrected chi connectivity index (χ1v) is 5.24. The van der Waals surface area contributed by atoms with Gasteiger partial charge in [-0.2, -0.15) is 0 Å². The highest BCUT2D eigenvalue weighted by Crippen LogP contribution is 2.39. The Morgan fingerprint density at radius 2 is 2.00 bits per heavy atom. The van der Waals surface area contributed by atoms with Crippen LogP contribution in [0.5, 0.6) is 5.75 Å². The number of para-hydroxylation sites is 1. The molecule has 1 aromatic rings. The van der Waals surface area contributed by atoms with Crippen LogP contribution in [0.2, 0.25) is 0 Å². The highest BCUT2D eigenvalue weighted by molar-refractivity contribution is 5.39. The van der Waals surface area contributed by atoms with Crippen LogP contribution in [0.25, 0.3) is 0 Å². The van der Waals surface area contributed by atoms with Crippen LogP contribution in [-0.4, -0.2) is 5.11 Å². The molecule has 1 N–H and O–H groups in total. The molecule has 1 aliphatic rings. The predicted molar refractivity (Wildman–Crippen MR) is 58.5 cm³/mol. The standard InChI is InChI=1S/C13H16O/c1-10-6-2-3-7-11(10)12-8-4-5-9-13(12)14/h4-5,8-9,11,14H,1-3,6-7H2. The predicted octanol–water partition coefficient (Wildman–Crippen LogP) is 3.61. The van der Waals surface area contributed by atoms with Crippen molar-refractivity contribution < 1.29 is 5.11 Å². The Bertz CT molecular complexity index is 341. The second-order valence-electron chi connectivity index (χ2n) is 4.02. The number of hydrogen-bond acceptors (Lipinski definition) is 1. The molecule has 1 saturated carbocycles. The van der Waals surface area contributed by atoms with Crippen molar-refractivity contribution in [3.05, 3.63) is 42.0 Å².